The minimum atomic E-state index is -0.128. The second-order valence-electron chi connectivity index (χ2n) is 4.11. The van der Waals surface area contributed by atoms with Crippen LogP contribution in [0.25, 0.3) is 0 Å². The molecule has 0 saturated heterocycles. The molecule has 0 aromatic heterocycles. The fourth-order valence-electron chi connectivity index (χ4n) is 1.49. The van der Waals surface area contributed by atoms with Crippen LogP contribution in [0.15, 0.2) is 18.2 Å². The third kappa shape index (κ3) is 4.55. The van der Waals surface area contributed by atoms with E-state index in [4.69, 9.17) is 0 Å². The normalized spacial score (nSPS) is 9.94. The first-order valence-electron chi connectivity index (χ1n) is 5.85. The molecule has 2 amide bonds. The molecule has 0 bridgehead atoms. The summed E-state index contributed by atoms with van der Waals surface area (Å²) in [5.41, 5.74) is 2.36. The summed E-state index contributed by atoms with van der Waals surface area (Å²) in [5.74, 6) is -0.182. The van der Waals surface area contributed by atoms with Crippen molar-refractivity contribution in [2.24, 2.45) is 0 Å². The van der Waals surface area contributed by atoms with Gasteiger partial charge in [0.2, 0.25) is 11.8 Å². The van der Waals surface area contributed by atoms with Crippen molar-refractivity contribution in [3.05, 3.63) is 23.8 Å². The first-order valence-corrected chi connectivity index (χ1v) is 5.85. The Hall–Kier alpha value is -1.88. The molecule has 0 aliphatic carbocycles. The average molecular weight is 249 g/mol. The van der Waals surface area contributed by atoms with Gasteiger partial charge in [-0.25, -0.2) is 0 Å². The van der Waals surface area contributed by atoms with Crippen molar-refractivity contribution in [2.45, 2.75) is 20.3 Å². The number of nitrogens with one attached hydrogen (secondary N) is 3. The Bertz CT molecular complexity index is 444. The Morgan fingerprint density at radius 1 is 1.22 bits per heavy atom. The Balaban J connectivity index is 2.72. The lowest BCUT2D eigenvalue weighted by Crippen LogP contribution is -2.18. The van der Waals surface area contributed by atoms with Crippen LogP contribution in [0.3, 0.4) is 0 Å². The zero-order chi connectivity index (χ0) is 13.5. The standard InChI is InChI=1S/C13H19N3O2/c1-9-4-5-11(8-12(9)15-10(2)17)16-13(18)6-7-14-3/h4-5,8,14H,6-7H2,1-3H3,(H,15,17)(H,16,18). The number of anilines is 2. The van der Waals surface area contributed by atoms with Gasteiger partial charge in [0, 0.05) is 31.3 Å². The molecular weight excluding hydrogens is 230 g/mol. The predicted octanol–water partition coefficient (Wildman–Crippen LogP) is 1.50. The van der Waals surface area contributed by atoms with E-state index in [0.717, 1.165) is 5.56 Å². The van der Waals surface area contributed by atoms with E-state index in [-0.39, 0.29) is 11.8 Å². The Kier molecular flexibility index (Phi) is 5.32. The molecule has 18 heavy (non-hydrogen) atoms. The monoisotopic (exact) mass is 249 g/mol. The molecule has 0 radical (unpaired) electrons. The molecule has 0 fully saturated rings. The zero-order valence-electron chi connectivity index (χ0n) is 11.0. The van der Waals surface area contributed by atoms with Crippen LogP contribution < -0.4 is 16.0 Å². The van der Waals surface area contributed by atoms with Crippen LogP contribution in [0.2, 0.25) is 0 Å². The maximum absolute atomic E-state index is 11.6. The van der Waals surface area contributed by atoms with E-state index in [1.807, 2.05) is 19.1 Å². The van der Waals surface area contributed by atoms with Crippen LogP contribution in [0.4, 0.5) is 11.4 Å². The summed E-state index contributed by atoms with van der Waals surface area (Å²) in [5, 5.41) is 8.43. The number of rotatable bonds is 5. The molecule has 1 rings (SSSR count). The van der Waals surface area contributed by atoms with Crippen molar-refractivity contribution < 1.29 is 9.59 Å². The molecule has 0 aliphatic heterocycles. The number of carbonyl (C=O) groups excluding carboxylic acids is 2. The number of amides is 2. The number of aryl methyl sites for hydroxylation is 1. The van der Waals surface area contributed by atoms with E-state index in [9.17, 15) is 9.59 Å². The Morgan fingerprint density at radius 2 is 1.94 bits per heavy atom. The van der Waals surface area contributed by atoms with E-state index in [1.165, 1.54) is 6.92 Å². The van der Waals surface area contributed by atoms with Crippen LogP contribution in [0, 0.1) is 6.92 Å². The summed E-state index contributed by atoms with van der Waals surface area (Å²) in [6.07, 6.45) is 0.417. The SMILES string of the molecule is CNCCC(=O)Nc1ccc(C)c(NC(C)=O)c1. The Labute approximate surface area is 107 Å². The quantitative estimate of drug-likeness (QED) is 0.740. The molecule has 0 unspecified atom stereocenters. The van der Waals surface area contributed by atoms with Crippen molar-refractivity contribution >= 4 is 23.2 Å². The summed E-state index contributed by atoms with van der Waals surface area (Å²) < 4.78 is 0. The fraction of sp³-hybridized carbons (Fsp3) is 0.385. The van der Waals surface area contributed by atoms with Gasteiger partial charge in [-0.2, -0.15) is 0 Å². The predicted molar refractivity (Wildman–Crippen MR) is 72.7 cm³/mol. The summed E-state index contributed by atoms with van der Waals surface area (Å²) >= 11 is 0. The lowest BCUT2D eigenvalue weighted by molar-refractivity contribution is -0.116. The number of benzene rings is 1. The molecule has 98 valence electrons. The Morgan fingerprint density at radius 3 is 2.56 bits per heavy atom. The maximum Gasteiger partial charge on any atom is 0.225 e. The summed E-state index contributed by atoms with van der Waals surface area (Å²) in [6.45, 7) is 3.99. The number of carbonyl (C=O) groups is 2. The minimum absolute atomic E-state index is 0.0537. The van der Waals surface area contributed by atoms with Gasteiger partial charge in [-0.15, -0.1) is 0 Å². The van der Waals surface area contributed by atoms with Crippen molar-refractivity contribution in [1.82, 2.24) is 5.32 Å². The maximum atomic E-state index is 11.6. The van der Waals surface area contributed by atoms with Gasteiger partial charge in [0.1, 0.15) is 0 Å². The number of hydrogen-bond donors (Lipinski definition) is 3. The molecule has 0 heterocycles. The highest BCUT2D eigenvalue weighted by Gasteiger charge is 2.05. The van der Waals surface area contributed by atoms with E-state index < -0.39 is 0 Å². The van der Waals surface area contributed by atoms with Crippen molar-refractivity contribution in [1.29, 1.82) is 0 Å². The van der Waals surface area contributed by atoms with Gasteiger partial charge in [-0.3, -0.25) is 9.59 Å². The van der Waals surface area contributed by atoms with Gasteiger partial charge in [0.25, 0.3) is 0 Å². The lowest BCUT2D eigenvalue weighted by Gasteiger charge is -2.10. The van der Waals surface area contributed by atoms with Crippen molar-refractivity contribution in [2.75, 3.05) is 24.2 Å². The van der Waals surface area contributed by atoms with Gasteiger partial charge in [-0.1, -0.05) is 6.07 Å². The van der Waals surface area contributed by atoms with E-state index in [2.05, 4.69) is 16.0 Å². The van der Waals surface area contributed by atoms with E-state index >= 15 is 0 Å². The smallest absolute Gasteiger partial charge is 0.225 e. The van der Waals surface area contributed by atoms with E-state index in [0.29, 0.717) is 24.3 Å². The molecule has 0 saturated carbocycles. The van der Waals surface area contributed by atoms with Crippen LogP contribution in [0.1, 0.15) is 18.9 Å². The number of hydrogen-bond acceptors (Lipinski definition) is 3. The molecular formula is C13H19N3O2. The lowest BCUT2D eigenvalue weighted by atomic mass is 10.1. The molecule has 5 nitrogen and oxygen atoms in total. The zero-order valence-corrected chi connectivity index (χ0v) is 11.0. The van der Waals surface area contributed by atoms with Gasteiger partial charge in [0.15, 0.2) is 0 Å². The third-order valence-corrected chi connectivity index (χ3v) is 2.43. The molecule has 0 atom stereocenters. The van der Waals surface area contributed by atoms with Crippen molar-refractivity contribution in [3.63, 3.8) is 0 Å². The highest BCUT2D eigenvalue weighted by Crippen LogP contribution is 2.20. The molecule has 1 aromatic carbocycles. The first kappa shape index (κ1) is 14.2. The van der Waals surface area contributed by atoms with Crippen LogP contribution in [-0.2, 0) is 9.59 Å². The van der Waals surface area contributed by atoms with Crippen molar-refractivity contribution in [3.8, 4) is 0 Å². The van der Waals surface area contributed by atoms with E-state index in [1.54, 1.807) is 13.1 Å². The third-order valence-electron chi connectivity index (χ3n) is 2.43. The average Bonchev–Trinajstić information content (AvgIpc) is 2.30. The molecule has 3 N–H and O–H groups in total. The largest absolute Gasteiger partial charge is 0.326 e. The molecule has 0 aliphatic rings. The van der Waals surface area contributed by atoms with Gasteiger partial charge >= 0.3 is 0 Å². The van der Waals surface area contributed by atoms with Crippen LogP contribution >= 0.6 is 0 Å². The highest BCUT2D eigenvalue weighted by molar-refractivity contribution is 5.94. The summed E-state index contributed by atoms with van der Waals surface area (Å²) in [4.78, 5) is 22.6. The second-order valence-corrected chi connectivity index (χ2v) is 4.11. The molecule has 5 heteroatoms. The van der Waals surface area contributed by atoms with Crippen LogP contribution in [0.5, 0.6) is 0 Å². The minimum Gasteiger partial charge on any atom is -0.326 e. The topological polar surface area (TPSA) is 70.2 Å². The summed E-state index contributed by atoms with van der Waals surface area (Å²) in [7, 11) is 1.80. The second kappa shape index (κ2) is 6.76. The summed E-state index contributed by atoms with van der Waals surface area (Å²) in [6, 6.07) is 5.44. The van der Waals surface area contributed by atoms with Crippen LogP contribution in [-0.4, -0.2) is 25.4 Å². The highest BCUT2D eigenvalue weighted by atomic mass is 16.2. The van der Waals surface area contributed by atoms with Gasteiger partial charge < -0.3 is 16.0 Å². The molecule has 1 aromatic rings. The first-order chi connectivity index (χ1) is 8.52. The fourth-order valence-corrected chi connectivity index (χ4v) is 1.49. The van der Waals surface area contributed by atoms with Gasteiger partial charge in [0.05, 0.1) is 0 Å². The molecule has 0 spiro atoms. The van der Waals surface area contributed by atoms with Gasteiger partial charge in [-0.05, 0) is 31.7 Å².